The number of hydrogen-bond donors (Lipinski definition) is 1. The molecule has 1 saturated heterocycles. The molecule has 1 N–H and O–H groups in total. The highest BCUT2D eigenvalue weighted by Gasteiger charge is 2.54. The summed E-state index contributed by atoms with van der Waals surface area (Å²) in [7, 11) is 0. The van der Waals surface area contributed by atoms with E-state index in [4.69, 9.17) is 24.4 Å². The first-order valence-corrected chi connectivity index (χ1v) is 20.8. The van der Waals surface area contributed by atoms with Crippen molar-refractivity contribution < 1.29 is 28.5 Å². The molecule has 1 aromatic heterocycles. The van der Waals surface area contributed by atoms with E-state index in [0.717, 1.165) is 38.5 Å². The lowest BCUT2D eigenvalue weighted by atomic mass is 10.0. The third-order valence-electron chi connectivity index (χ3n) is 10.3. The van der Waals surface area contributed by atoms with Crippen LogP contribution in [0.2, 0.25) is 0 Å². The number of fused-ring (bicyclic) bond motifs is 3. The number of carbonyl (C=O) groups is 2. The maximum atomic E-state index is 13.0. The van der Waals surface area contributed by atoms with Crippen LogP contribution >= 0.6 is 12.4 Å². The van der Waals surface area contributed by atoms with Gasteiger partial charge in [-0.1, -0.05) is 168 Å². The normalized spacial score (nSPS) is 18.9. The lowest BCUT2D eigenvalue weighted by Gasteiger charge is -2.22. The minimum atomic E-state index is -0.727. The van der Waals surface area contributed by atoms with Gasteiger partial charge in [-0.2, -0.15) is 4.98 Å². The highest BCUT2D eigenvalue weighted by atomic mass is 35.5. The number of carbonyl (C=O) groups excluding carboxylic acids is 2. The van der Waals surface area contributed by atoms with Crippen molar-refractivity contribution in [1.29, 1.82) is 5.41 Å². The number of esters is 2. The molecule has 51 heavy (non-hydrogen) atoms. The molecular formula is C41H72ClN3O6. The average Bonchev–Trinajstić information content (AvgIpc) is 3.62. The molecule has 3 rings (SSSR count). The summed E-state index contributed by atoms with van der Waals surface area (Å²) in [6.07, 6.45) is 32.5. The van der Waals surface area contributed by atoms with Gasteiger partial charge in [-0.05, 0) is 18.9 Å². The van der Waals surface area contributed by atoms with Crippen molar-refractivity contribution >= 4 is 24.3 Å². The Balaban J connectivity index is 0.00000901. The van der Waals surface area contributed by atoms with Gasteiger partial charge in [0.25, 0.3) is 0 Å². The first-order chi connectivity index (χ1) is 24.5. The van der Waals surface area contributed by atoms with Crippen molar-refractivity contribution in [3.63, 3.8) is 0 Å². The Labute approximate surface area is 315 Å². The van der Waals surface area contributed by atoms with Crippen molar-refractivity contribution in [2.45, 2.75) is 218 Å². The number of nitrogens with one attached hydrogen (secondary N) is 1. The van der Waals surface area contributed by atoms with Gasteiger partial charge in [-0.25, -0.2) is 0 Å². The lowest BCUT2D eigenvalue weighted by Crippen LogP contribution is -2.40. The molecule has 10 heteroatoms. The van der Waals surface area contributed by atoms with Crippen molar-refractivity contribution in [3.8, 4) is 6.01 Å². The summed E-state index contributed by atoms with van der Waals surface area (Å²) in [4.78, 5) is 29.7. The van der Waals surface area contributed by atoms with E-state index in [0.29, 0.717) is 12.8 Å². The van der Waals surface area contributed by atoms with Crippen LogP contribution in [0.4, 0.5) is 0 Å². The second-order valence-corrected chi connectivity index (χ2v) is 14.8. The van der Waals surface area contributed by atoms with Gasteiger partial charge in [0.15, 0.2) is 23.9 Å². The van der Waals surface area contributed by atoms with Crippen LogP contribution in [0.5, 0.6) is 6.01 Å². The average molecular weight is 738 g/mol. The predicted molar refractivity (Wildman–Crippen MR) is 205 cm³/mol. The van der Waals surface area contributed by atoms with E-state index in [1.807, 2.05) is 0 Å². The van der Waals surface area contributed by atoms with E-state index < -0.39 is 24.5 Å². The van der Waals surface area contributed by atoms with Crippen LogP contribution < -0.4 is 10.2 Å². The van der Waals surface area contributed by atoms with Crippen LogP contribution in [0.3, 0.4) is 0 Å². The molecule has 1 fully saturated rings. The van der Waals surface area contributed by atoms with Crippen molar-refractivity contribution in [1.82, 2.24) is 9.55 Å². The van der Waals surface area contributed by atoms with Crippen LogP contribution in [0.15, 0.2) is 12.3 Å². The maximum absolute atomic E-state index is 13.0. The minimum Gasteiger partial charge on any atom is -0.463 e. The molecule has 0 aliphatic carbocycles. The largest absolute Gasteiger partial charge is 0.463 e. The van der Waals surface area contributed by atoms with E-state index in [1.54, 1.807) is 16.8 Å². The van der Waals surface area contributed by atoms with E-state index >= 15 is 0 Å². The van der Waals surface area contributed by atoms with Gasteiger partial charge in [-0.3, -0.25) is 19.6 Å². The molecule has 4 atom stereocenters. The zero-order chi connectivity index (χ0) is 35.7. The Bertz CT molecular complexity index is 1120. The van der Waals surface area contributed by atoms with Crippen LogP contribution in [-0.4, -0.2) is 46.4 Å². The highest BCUT2D eigenvalue weighted by Crippen LogP contribution is 2.40. The number of aromatic nitrogens is 2. The monoisotopic (exact) mass is 738 g/mol. The molecule has 3 heterocycles. The summed E-state index contributed by atoms with van der Waals surface area (Å²) in [5.74, 6) is -0.537. The molecule has 0 spiro atoms. The Morgan fingerprint density at radius 2 is 1.12 bits per heavy atom. The molecule has 2 aliphatic heterocycles. The number of nitrogens with zero attached hydrogens (tertiary/aromatic N) is 2. The molecule has 1 aromatic rings. The Morgan fingerprint density at radius 1 is 0.686 bits per heavy atom. The molecule has 0 saturated carbocycles. The molecule has 9 nitrogen and oxygen atoms in total. The van der Waals surface area contributed by atoms with E-state index in [2.05, 4.69) is 18.8 Å². The summed E-state index contributed by atoms with van der Waals surface area (Å²) in [6.45, 7) is 4.53. The summed E-state index contributed by atoms with van der Waals surface area (Å²) in [5, 5.41) is 7.84. The van der Waals surface area contributed by atoms with Crippen LogP contribution in [0.25, 0.3) is 0 Å². The number of hydrogen-bond acceptors (Lipinski definition) is 8. The van der Waals surface area contributed by atoms with Crippen molar-refractivity contribution in [3.05, 3.63) is 17.8 Å². The molecule has 2 aliphatic rings. The fraction of sp³-hybridized carbons (Fsp3) is 0.854. The SMILES string of the molecule is CCCCCCCCCCCCCCCC(=O)OC[C@H]1O[C@@H]2[C@@H](Oc3nc(=N)ccn32)[C@@H]1OC(=O)CCCCCCCCCCCCCCC.Cl. The number of ether oxygens (including phenoxy) is 4. The predicted octanol–water partition coefficient (Wildman–Crippen LogP) is 10.9. The quantitative estimate of drug-likeness (QED) is 0.0596. The fourth-order valence-electron chi connectivity index (χ4n) is 7.18. The summed E-state index contributed by atoms with van der Waals surface area (Å²) in [5.41, 5.74) is 0.0887. The number of unbranched alkanes of at least 4 members (excludes halogenated alkanes) is 24. The van der Waals surface area contributed by atoms with Crippen molar-refractivity contribution in [2.75, 3.05) is 6.61 Å². The third-order valence-corrected chi connectivity index (χ3v) is 10.3. The Kier molecular flexibility index (Phi) is 25.1. The van der Waals surface area contributed by atoms with E-state index in [-0.39, 0.29) is 42.5 Å². The first-order valence-electron chi connectivity index (χ1n) is 20.8. The lowest BCUT2D eigenvalue weighted by molar-refractivity contribution is -0.160. The second kappa shape index (κ2) is 28.4. The maximum Gasteiger partial charge on any atom is 0.306 e. The van der Waals surface area contributed by atoms with Gasteiger partial charge in [0, 0.05) is 19.0 Å². The van der Waals surface area contributed by atoms with Gasteiger partial charge in [0.2, 0.25) is 0 Å². The van der Waals surface area contributed by atoms with Crippen LogP contribution in [-0.2, 0) is 23.8 Å². The minimum absolute atomic E-state index is 0. The zero-order valence-corrected chi connectivity index (χ0v) is 33.0. The van der Waals surface area contributed by atoms with E-state index in [9.17, 15) is 9.59 Å². The van der Waals surface area contributed by atoms with Gasteiger partial charge in [0.05, 0.1) is 0 Å². The van der Waals surface area contributed by atoms with Gasteiger partial charge in [-0.15, -0.1) is 12.4 Å². The van der Waals surface area contributed by atoms with Crippen LogP contribution in [0.1, 0.15) is 200 Å². The topological polar surface area (TPSA) is 113 Å². The van der Waals surface area contributed by atoms with Crippen LogP contribution in [0, 0.1) is 5.41 Å². The fourth-order valence-corrected chi connectivity index (χ4v) is 7.18. The summed E-state index contributed by atoms with van der Waals surface area (Å²) >= 11 is 0. The first kappa shape index (κ1) is 45.0. The molecule has 0 bridgehead atoms. The van der Waals surface area contributed by atoms with Crippen molar-refractivity contribution in [2.24, 2.45) is 0 Å². The highest BCUT2D eigenvalue weighted by molar-refractivity contribution is 5.85. The van der Waals surface area contributed by atoms with Gasteiger partial charge in [0.1, 0.15) is 12.7 Å². The van der Waals surface area contributed by atoms with Gasteiger partial charge >= 0.3 is 17.9 Å². The second-order valence-electron chi connectivity index (χ2n) is 14.8. The molecule has 0 aromatic carbocycles. The molecular weight excluding hydrogens is 666 g/mol. The molecule has 294 valence electrons. The molecule has 0 amide bonds. The molecule has 0 radical (unpaired) electrons. The summed E-state index contributed by atoms with van der Waals surface area (Å²) in [6, 6.07) is 1.83. The number of rotatable bonds is 31. The smallest absolute Gasteiger partial charge is 0.306 e. The van der Waals surface area contributed by atoms with Gasteiger partial charge < -0.3 is 18.9 Å². The third kappa shape index (κ3) is 18.5. The summed E-state index contributed by atoms with van der Waals surface area (Å²) < 4.78 is 25.6. The van der Waals surface area contributed by atoms with E-state index in [1.165, 1.54) is 128 Å². The Morgan fingerprint density at radius 3 is 1.59 bits per heavy atom. The number of halogens is 1. The standard InChI is InChI=1S/C41H71N3O6.ClH/c1-3-5-7-9-11-13-15-17-19-21-23-25-27-29-36(45)47-33-34-38(39-40(48-34)44-32-31-35(42)43-41(44)50-39)49-37(46)30-28-26-24-22-20-18-16-14-12-10-8-6-4-2;/h31-32,34,38-40,42H,3-30,33H2,1-2H3;1H/t34-,38-,39+,40-;/m1./s1. The Hall–Kier alpha value is -2.13. The molecule has 0 unspecified atom stereocenters. The zero-order valence-electron chi connectivity index (χ0n) is 32.2.